The number of fused-ring (bicyclic) bond motifs is 1. The summed E-state index contributed by atoms with van der Waals surface area (Å²) in [5.41, 5.74) is 2.17. The molecule has 2 aromatic rings. The first kappa shape index (κ1) is 22.6. The molecule has 0 spiro atoms. The van der Waals surface area contributed by atoms with Crippen molar-refractivity contribution in [2.45, 2.75) is 64.3 Å². The van der Waals surface area contributed by atoms with Crippen LogP contribution in [0.4, 0.5) is 0 Å². The van der Waals surface area contributed by atoms with Crippen LogP contribution in [0.1, 0.15) is 68.1 Å². The van der Waals surface area contributed by atoms with Crippen molar-refractivity contribution < 1.29 is 14.4 Å². The molecule has 5 fully saturated rings. The SMILES string of the molecule is CC(=O)NC1CCN(C(=O)Cc2cn3c(C(=O)NCC45CC6CC(CC(C6)C4)C5)cccc3n2)C1. The van der Waals surface area contributed by atoms with Gasteiger partial charge in [-0.15, -0.1) is 0 Å². The van der Waals surface area contributed by atoms with Crippen molar-refractivity contribution in [2.75, 3.05) is 19.6 Å². The van der Waals surface area contributed by atoms with E-state index < -0.39 is 0 Å². The van der Waals surface area contributed by atoms with Gasteiger partial charge in [-0.2, -0.15) is 0 Å². The summed E-state index contributed by atoms with van der Waals surface area (Å²) in [5.74, 6) is 2.44. The van der Waals surface area contributed by atoms with E-state index in [9.17, 15) is 14.4 Å². The monoisotopic (exact) mass is 477 g/mol. The van der Waals surface area contributed by atoms with Crippen LogP contribution in [0.3, 0.4) is 0 Å². The van der Waals surface area contributed by atoms with Crippen molar-refractivity contribution in [1.29, 1.82) is 0 Å². The molecule has 3 heterocycles. The largest absolute Gasteiger partial charge is 0.352 e. The maximum Gasteiger partial charge on any atom is 0.268 e. The van der Waals surface area contributed by atoms with Crippen LogP contribution in [0, 0.1) is 23.2 Å². The van der Waals surface area contributed by atoms with E-state index in [1.165, 1.54) is 45.4 Å². The van der Waals surface area contributed by atoms with Crippen LogP contribution in [0.15, 0.2) is 24.4 Å². The minimum Gasteiger partial charge on any atom is -0.352 e. The quantitative estimate of drug-likeness (QED) is 0.668. The van der Waals surface area contributed by atoms with Gasteiger partial charge < -0.3 is 15.5 Å². The van der Waals surface area contributed by atoms with Crippen molar-refractivity contribution in [2.24, 2.45) is 23.2 Å². The normalized spacial score (nSPS) is 31.2. The van der Waals surface area contributed by atoms with E-state index in [1.807, 2.05) is 28.8 Å². The number of hydrogen-bond donors (Lipinski definition) is 2. The molecule has 0 radical (unpaired) electrons. The topological polar surface area (TPSA) is 95.8 Å². The Morgan fingerprint density at radius 3 is 2.49 bits per heavy atom. The molecule has 7 rings (SSSR count). The summed E-state index contributed by atoms with van der Waals surface area (Å²) in [7, 11) is 0. The Morgan fingerprint density at radius 2 is 1.80 bits per heavy atom. The van der Waals surface area contributed by atoms with Crippen LogP contribution in [0.2, 0.25) is 0 Å². The minimum absolute atomic E-state index is 0.00549. The van der Waals surface area contributed by atoms with E-state index in [1.54, 1.807) is 4.90 Å². The number of imidazole rings is 1. The highest BCUT2D eigenvalue weighted by molar-refractivity contribution is 5.93. The van der Waals surface area contributed by atoms with Crippen LogP contribution in [-0.4, -0.2) is 57.7 Å². The van der Waals surface area contributed by atoms with E-state index in [0.29, 0.717) is 30.1 Å². The molecule has 3 amide bonds. The van der Waals surface area contributed by atoms with Crippen molar-refractivity contribution in [3.63, 3.8) is 0 Å². The third kappa shape index (κ3) is 4.43. The van der Waals surface area contributed by atoms with Gasteiger partial charge in [0.05, 0.1) is 12.1 Å². The van der Waals surface area contributed by atoms with Crippen molar-refractivity contribution >= 4 is 23.4 Å². The average molecular weight is 478 g/mol. The number of carbonyl (C=O) groups excluding carboxylic acids is 3. The zero-order chi connectivity index (χ0) is 24.2. The van der Waals surface area contributed by atoms with Crippen LogP contribution in [0.5, 0.6) is 0 Å². The first-order valence-electron chi connectivity index (χ1n) is 13.2. The zero-order valence-electron chi connectivity index (χ0n) is 20.5. The average Bonchev–Trinajstić information content (AvgIpc) is 3.42. The number of likely N-dealkylation sites (tertiary alicyclic amines) is 1. The molecule has 1 saturated heterocycles. The molecule has 4 bridgehead atoms. The van der Waals surface area contributed by atoms with Gasteiger partial charge in [0.2, 0.25) is 11.8 Å². The number of nitrogens with one attached hydrogen (secondary N) is 2. The smallest absolute Gasteiger partial charge is 0.268 e. The third-order valence-corrected chi connectivity index (χ3v) is 8.84. The fraction of sp³-hybridized carbons (Fsp3) is 0.630. The van der Waals surface area contributed by atoms with Gasteiger partial charge in [-0.1, -0.05) is 6.07 Å². The highest BCUT2D eigenvalue weighted by Gasteiger charge is 2.50. The number of rotatable bonds is 6. The number of pyridine rings is 1. The number of carbonyl (C=O) groups is 3. The first-order valence-corrected chi connectivity index (χ1v) is 13.2. The lowest BCUT2D eigenvalue weighted by Gasteiger charge is -2.56. The second-order valence-electron chi connectivity index (χ2n) is 11.7. The summed E-state index contributed by atoms with van der Waals surface area (Å²) in [5, 5.41) is 6.15. The van der Waals surface area contributed by atoms with Gasteiger partial charge in [0, 0.05) is 38.8 Å². The lowest BCUT2D eigenvalue weighted by molar-refractivity contribution is -0.129. The second-order valence-corrected chi connectivity index (χ2v) is 11.7. The molecule has 8 nitrogen and oxygen atoms in total. The molecule has 35 heavy (non-hydrogen) atoms. The van der Waals surface area contributed by atoms with Gasteiger partial charge in [-0.05, 0) is 80.2 Å². The fourth-order valence-electron chi connectivity index (χ4n) is 7.86. The lowest BCUT2D eigenvalue weighted by atomic mass is 9.49. The van der Waals surface area contributed by atoms with Crippen LogP contribution >= 0.6 is 0 Å². The van der Waals surface area contributed by atoms with E-state index in [2.05, 4.69) is 15.6 Å². The molecule has 2 aromatic heterocycles. The van der Waals surface area contributed by atoms with E-state index >= 15 is 0 Å². The standard InChI is InChI=1S/C27H35N5O3/c1-17(33)29-21-5-6-31(14-21)25(34)10-22-15-32-23(3-2-4-24(32)30-22)26(35)28-16-27-11-18-7-19(12-27)9-20(8-18)13-27/h2-4,15,18-21H,5-14,16H2,1H3,(H,28,35)(H,29,33). The van der Waals surface area contributed by atoms with E-state index in [0.717, 1.165) is 30.7 Å². The summed E-state index contributed by atoms with van der Waals surface area (Å²) in [6.07, 6.45) is 10.7. The van der Waals surface area contributed by atoms with Gasteiger partial charge in [0.25, 0.3) is 5.91 Å². The van der Waals surface area contributed by atoms with Gasteiger partial charge >= 0.3 is 0 Å². The number of aromatic nitrogens is 2. The molecule has 1 aliphatic heterocycles. The Labute approximate surface area is 205 Å². The highest BCUT2D eigenvalue weighted by Crippen LogP contribution is 2.59. The third-order valence-electron chi connectivity index (χ3n) is 8.84. The fourth-order valence-corrected chi connectivity index (χ4v) is 7.86. The van der Waals surface area contributed by atoms with Crippen molar-refractivity contribution in [1.82, 2.24) is 24.9 Å². The first-order chi connectivity index (χ1) is 16.9. The van der Waals surface area contributed by atoms with Gasteiger partial charge in [0.15, 0.2) is 0 Å². The molecule has 4 saturated carbocycles. The zero-order valence-corrected chi connectivity index (χ0v) is 20.5. The Hall–Kier alpha value is -2.90. The molecular formula is C27H35N5O3. The minimum atomic E-state index is -0.0707. The van der Waals surface area contributed by atoms with Crippen LogP contribution in [-0.2, 0) is 16.0 Å². The van der Waals surface area contributed by atoms with Crippen LogP contribution < -0.4 is 10.6 Å². The molecule has 1 unspecified atom stereocenters. The highest BCUT2D eigenvalue weighted by atomic mass is 16.2. The summed E-state index contributed by atoms with van der Waals surface area (Å²) in [4.78, 5) is 43.8. The lowest BCUT2D eigenvalue weighted by Crippen LogP contribution is -2.51. The predicted molar refractivity (Wildman–Crippen MR) is 131 cm³/mol. The maximum absolute atomic E-state index is 13.2. The molecule has 5 aliphatic rings. The molecular weight excluding hydrogens is 442 g/mol. The molecule has 1 atom stereocenters. The van der Waals surface area contributed by atoms with Gasteiger partial charge in [0.1, 0.15) is 11.3 Å². The Kier molecular flexibility index (Phi) is 5.57. The molecule has 186 valence electrons. The summed E-state index contributed by atoms with van der Waals surface area (Å²) in [6, 6.07) is 5.56. The second kappa shape index (κ2) is 8.64. The summed E-state index contributed by atoms with van der Waals surface area (Å²) < 4.78 is 1.81. The van der Waals surface area contributed by atoms with Crippen LogP contribution in [0.25, 0.3) is 5.65 Å². The van der Waals surface area contributed by atoms with E-state index in [-0.39, 0.29) is 35.6 Å². The summed E-state index contributed by atoms with van der Waals surface area (Å²) >= 11 is 0. The van der Waals surface area contributed by atoms with Gasteiger partial charge in [-0.25, -0.2) is 4.98 Å². The van der Waals surface area contributed by atoms with Gasteiger partial charge in [-0.3, -0.25) is 18.8 Å². The summed E-state index contributed by atoms with van der Waals surface area (Å²) in [6.45, 7) is 3.42. The maximum atomic E-state index is 13.2. The Balaban J connectivity index is 1.12. The molecule has 2 N–H and O–H groups in total. The molecule has 0 aromatic carbocycles. The predicted octanol–water partition coefficient (Wildman–Crippen LogP) is 2.56. The number of hydrogen-bond acceptors (Lipinski definition) is 4. The Bertz CT molecular complexity index is 1140. The number of nitrogens with zero attached hydrogens (tertiary/aromatic N) is 3. The van der Waals surface area contributed by atoms with E-state index in [4.69, 9.17) is 0 Å². The molecule has 4 aliphatic carbocycles. The number of amides is 3. The van der Waals surface area contributed by atoms with Crippen molar-refractivity contribution in [3.8, 4) is 0 Å². The van der Waals surface area contributed by atoms with Crippen molar-refractivity contribution in [3.05, 3.63) is 35.8 Å². The Morgan fingerprint density at radius 1 is 1.09 bits per heavy atom. The molecule has 8 heteroatoms.